The van der Waals surface area contributed by atoms with Crippen LogP contribution < -0.4 is 11.3 Å². The third kappa shape index (κ3) is 1.74. The molecule has 3 N–H and O–H groups in total. The Kier molecular flexibility index (Phi) is 2.99. The van der Waals surface area contributed by atoms with E-state index in [0.29, 0.717) is 5.92 Å². The van der Waals surface area contributed by atoms with E-state index in [-0.39, 0.29) is 5.91 Å². The van der Waals surface area contributed by atoms with Crippen LogP contribution in [-0.2, 0) is 10.2 Å². The number of nitrogens with one attached hydrogen (secondary N) is 1. The molecule has 1 aliphatic rings. The molecule has 1 aromatic heterocycles. The fraction of sp³-hybridized carbons (Fsp3) is 0.455. The van der Waals surface area contributed by atoms with Gasteiger partial charge in [0.15, 0.2) is 0 Å². The summed E-state index contributed by atoms with van der Waals surface area (Å²) in [6, 6.07) is 1.94. The van der Waals surface area contributed by atoms with E-state index in [2.05, 4.69) is 33.3 Å². The number of nitrogens with zero attached hydrogens (tertiary/aromatic N) is 1. The number of carbonyl (C=O) groups is 1. The van der Waals surface area contributed by atoms with Crippen LogP contribution in [0.1, 0.15) is 25.3 Å². The van der Waals surface area contributed by atoms with Crippen molar-refractivity contribution in [3.8, 4) is 0 Å². The van der Waals surface area contributed by atoms with Crippen molar-refractivity contribution in [3.63, 3.8) is 0 Å². The molecule has 2 rings (SSSR count). The Morgan fingerprint density at radius 3 is 2.81 bits per heavy atom. The Balaban J connectivity index is 2.37. The Labute approximate surface area is 103 Å². The minimum absolute atomic E-state index is 0.120. The van der Waals surface area contributed by atoms with Crippen LogP contribution in [0.3, 0.4) is 0 Å². The van der Waals surface area contributed by atoms with Crippen molar-refractivity contribution in [2.45, 2.75) is 25.2 Å². The van der Waals surface area contributed by atoms with Gasteiger partial charge in [-0.1, -0.05) is 6.92 Å². The molecule has 1 heterocycles. The molecule has 0 radical (unpaired) electrons. The van der Waals surface area contributed by atoms with E-state index in [1.807, 2.05) is 6.07 Å². The van der Waals surface area contributed by atoms with E-state index < -0.39 is 5.41 Å². The van der Waals surface area contributed by atoms with Gasteiger partial charge >= 0.3 is 0 Å². The van der Waals surface area contributed by atoms with Crippen LogP contribution in [0.25, 0.3) is 0 Å². The first-order valence-electron chi connectivity index (χ1n) is 5.20. The van der Waals surface area contributed by atoms with Gasteiger partial charge in [0, 0.05) is 16.9 Å². The molecule has 0 saturated heterocycles. The second-order valence-corrected chi connectivity index (χ2v) is 5.38. The zero-order valence-electron chi connectivity index (χ0n) is 9.03. The number of halogens is 1. The molecule has 1 aliphatic carbocycles. The van der Waals surface area contributed by atoms with Gasteiger partial charge < -0.3 is 0 Å². The third-order valence-corrected chi connectivity index (χ3v) is 3.65. The monoisotopic (exact) mass is 283 g/mol. The van der Waals surface area contributed by atoms with Gasteiger partial charge in [-0.05, 0) is 46.3 Å². The molecule has 0 aliphatic heterocycles. The van der Waals surface area contributed by atoms with Crippen LogP contribution in [0.4, 0.5) is 0 Å². The number of aromatic nitrogens is 1. The van der Waals surface area contributed by atoms with Gasteiger partial charge in [0.2, 0.25) is 5.91 Å². The molecule has 1 amide bonds. The molecular weight excluding hydrogens is 270 g/mol. The van der Waals surface area contributed by atoms with E-state index in [0.717, 1.165) is 22.9 Å². The van der Waals surface area contributed by atoms with Gasteiger partial charge in [0.05, 0.1) is 5.41 Å². The minimum Gasteiger partial charge on any atom is -0.293 e. The molecular formula is C11H14BrN3O. The van der Waals surface area contributed by atoms with Crippen LogP contribution in [-0.4, -0.2) is 10.9 Å². The molecule has 1 aromatic rings. The van der Waals surface area contributed by atoms with Crippen molar-refractivity contribution < 1.29 is 4.79 Å². The summed E-state index contributed by atoms with van der Waals surface area (Å²) in [7, 11) is 0. The molecule has 0 atom stereocenters. The zero-order valence-corrected chi connectivity index (χ0v) is 10.6. The van der Waals surface area contributed by atoms with Gasteiger partial charge in [-0.15, -0.1) is 0 Å². The number of hydrazine groups is 1. The first-order valence-corrected chi connectivity index (χ1v) is 6.00. The van der Waals surface area contributed by atoms with Gasteiger partial charge in [0.1, 0.15) is 0 Å². The van der Waals surface area contributed by atoms with E-state index in [9.17, 15) is 4.79 Å². The highest BCUT2D eigenvalue weighted by molar-refractivity contribution is 9.10. The Morgan fingerprint density at radius 2 is 2.31 bits per heavy atom. The summed E-state index contributed by atoms with van der Waals surface area (Å²) in [5.74, 6) is 5.69. The average molecular weight is 284 g/mol. The number of amides is 1. The first-order chi connectivity index (χ1) is 7.58. The van der Waals surface area contributed by atoms with Gasteiger partial charge in [-0.2, -0.15) is 0 Å². The van der Waals surface area contributed by atoms with Crippen LogP contribution in [0.2, 0.25) is 0 Å². The van der Waals surface area contributed by atoms with Crippen LogP contribution in [0.15, 0.2) is 22.9 Å². The van der Waals surface area contributed by atoms with Crippen LogP contribution in [0.5, 0.6) is 0 Å². The van der Waals surface area contributed by atoms with E-state index in [1.165, 1.54) is 0 Å². The quantitative estimate of drug-likeness (QED) is 0.491. The zero-order chi connectivity index (χ0) is 11.8. The maximum Gasteiger partial charge on any atom is 0.244 e. The lowest BCUT2D eigenvalue weighted by atomic mass is 9.59. The standard InChI is InChI=1S/C11H14BrN3O/c1-7-3-11(4-7,10(16)15-13)8-2-9(12)6-14-5-8/h2,5-7H,3-4,13H2,1H3,(H,15,16). The average Bonchev–Trinajstić information content (AvgIpc) is 2.23. The maximum atomic E-state index is 11.9. The summed E-state index contributed by atoms with van der Waals surface area (Å²) in [6.07, 6.45) is 5.11. The molecule has 0 aromatic carbocycles. The number of rotatable bonds is 2. The second kappa shape index (κ2) is 4.14. The molecule has 1 saturated carbocycles. The van der Waals surface area contributed by atoms with E-state index in [4.69, 9.17) is 5.84 Å². The lowest BCUT2D eigenvalue weighted by Gasteiger charge is -2.44. The van der Waals surface area contributed by atoms with Crippen molar-refractivity contribution in [3.05, 3.63) is 28.5 Å². The normalized spacial score (nSPS) is 28.3. The van der Waals surface area contributed by atoms with Crippen molar-refractivity contribution in [1.82, 2.24) is 10.4 Å². The Hall–Kier alpha value is -0.940. The van der Waals surface area contributed by atoms with Crippen molar-refractivity contribution in [2.75, 3.05) is 0 Å². The molecule has 0 bridgehead atoms. The molecule has 86 valence electrons. The lowest BCUT2D eigenvalue weighted by molar-refractivity contribution is -0.131. The highest BCUT2D eigenvalue weighted by Crippen LogP contribution is 2.47. The largest absolute Gasteiger partial charge is 0.293 e. The van der Waals surface area contributed by atoms with E-state index in [1.54, 1.807) is 12.4 Å². The summed E-state index contributed by atoms with van der Waals surface area (Å²) in [6.45, 7) is 2.13. The predicted molar refractivity (Wildman–Crippen MR) is 64.3 cm³/mol. The molecule has 1 fully saturated rings. The second-order valence-electron chi connectivity index (χ2n) is 4.46. The Morgan fingerprint density at radius 1 is 1.62 bits per heavy atom. The van der Waals surface area contributed by atoms with E-state index >= 15 is 0 Å². The van der Waals surface area contributed by atoms with Gasteiger partial charge in [-0.3, -0.25) is 15.2 Å². The summed E-state index contributed by atoms with van der Waals surface area (Å²) >= 11 is 3.37. The molecule has 0 spiro atoms. The summed E-state index contributed by atoms with van der Waals surface area (Å²) < 4.78 is 0.883. The predicted octanol–water partition coefficient (Wildman–Crippen LogP) is 1.50. The summed E-state index contributed by atoms with van der Waals surface area (Å²) in [5, 5.41) is 0. The van der Waals surface area contributed by atoms with Crippen LogP contribution >= 0.6 is 15.9 Å². The number of hydrogen-bond acceptors (Lipinski definition) is 3. The number of carbonyl (C=O) groups excluding carboxylic acids is 1. The Bertz CT molecular complexity index is 415. The smallest absolute Gasteiger partial charge is 0.244 e. The number of nitrogens with two attached hydrogens (primary N) is 1. The molecule has 5 heteroatoms. The summed E-state index contributed by atoms with van der Waals surface area (Å²) in [4.78, 5) is 16.0. The number of hydrogen-bond donors (Lipinski definition) is 2. The van der Waals surface area contributed by atoms with Crippen molar-refractivity contribution in [1.29, 1.82) is 0 Å². The topological polar surface area (TPSA) is 68.0 Å². The fourth-order valence-corrected chi connectivity index (χ4v) is 2.86. The van der Waals surface area contributed by atoms with Crippen molar-refractivity contribution >= 4 is 21.8 Å². The molecule has 0 unspecified atom stereocenters. The first kappa shape index (κ1) is 11.5. The third-order valence-electron chi connectivity index (χ3n) is 3.22. The fourth-order valence-electron chi connectivity index (χ4n) is 2.49. The summed E-state index contributed by atoms with van der Waals surface area (Å²) in [5.41, 5.74) is 2.72. The maximum absolute atomic E-state index is 11.9. The SMILES string of the molecule is CC1CC(C(=O)NN)(c2cncc(Br)c2)C1. The molecule has 4 nitrogen and oxygen atoms in total. The molecule has 16 heavy (non-hydrogen) atoms. The highest BCUT2D eigenvalue weighted by atomic mass is 79.9. The van der Waals surface area contributed by atoms with Gasteiger partial charge in [0.25, 0.3) is 0 Å². The van der Waals surface area contributed by atoms with Crippen LogP contribution in [0, 0.1) is 5.92 Å². The van der Waals surface area contributed by atoms with Crippen molar-refractivity contribution in [2.24, 2.45) is 11.8 Å². The highest BCUT2D eigenvalue weighted by Gasteiger charge is 2.49. The number of pyridine rings is 1. The van der Waals surface area contributed by atoms with Gasteiger partial charge in [-0.25, -0.2) is 5.84 Å². The lowest BCUT2D eigenvalue weighted by Crippen LogP contribution is -2.54. The minimum atomic E-state index is -0.481.